The number of hydrogen-bond donors (Lipinski definition) is 1. The summed E-state index contributed by atoms with van der Waals surface area (Å²) in [7, 11) is 0. The maximum atomic E-state index is 13.4. The van der Waals surface area contributed by atoms with Crippen LogP contribution in [0.25, 0.3) is 10.9 Å². The molecule has 0 aliphatic carbocycles. The van der Waals surface area contributed by atoms with Gasteiger partial charge >= 0.3 is 0 Å². The van der Waals surface area contributed by atoms with Gasteiger partial charge in [-0.05, 0) is 18.9 Å². The van der Waals surface area contributed by atoms with Crippen LogP contribution in [0.5, 0.6) is 0 Å². The number of nitrogens with zero attached hydrogens (tertiary/aromatic N) is 2. The molecule has 3 rings (SSSR count). The van der Waals surface area contributed by atoms with E-state index in [1.54, 1.807) is 17.0 Å². The molecule has 1 aromatic heterocycles. The van der Waals surface area contributed by atoms with Crippen LogP contribution in [-0.2, 0) is 0 Å². The number of H-pyrrole nitrogens is 1. The minimum atomic E-state index is -0.403. The number of fused-ring (bicyclic) bond motifs is 1. The highest BCUT2D eigenvalue weighted by atomic mass is 19.1. The lowest BCUT2D eigenvalue weighted by Crippen LogP contribution is -2.28. The zero-order valence-electron chi connectivity index (χ0n) is 9.24. The number of aromatic amines is 1. The second kappa shape index (κ2) is 3.84. The molecule has 1 N–H and O–H groups in total. The van der Waals surface area contributed by atoms with E-state index in [-0.39, 0.29) is 11.4 Å². The smallest absolute Gasteiger partial charge is 0.272 e. The van der Waals surface area contributed by atoms with E-state index in [1.165, 1.54) is 6.07 Å². The number of nitrogens with one attached hydrogen (secondary N) is 1. The first kappa shape index (κ1) is 10.3. The van der Waals surface area contributed by atoms with Crippen LogP contribution in [-0.4, -0.2) is 34.1 Å². The molecule has 88 valence electrons. The molecule has 0 spiro atoms. The second-order valence-electron chi connectivity index (χ2n) is 4.23. The molecule has 1 amide bonds. The topological polar surface area (TPSA) is 49.0 Å². The number of likely N-dealkylation sites (tertiary alicyclic amines) is 1. The molecule has 5 heteroatoms. The SMILES string of the molecule is O=C(c1[nH]nc2c(F)cccc12)N1CCCC1. The highest BCUT2D eigenvalue weighted by molar-refractivity contribution is 6.04. The molecular weight excluding hydrogens is 221 g/mol. The van der Waals surface area contributed by atoms with Crippen molar-refractivity contribution in [3.63, 3.8) is 0 Å². The van der Waals surface area contributed by atoms with Crippen molar-refractivity contribution in [2.75, 3.05) is 13.1 Å². The Morgan fingerprint density at radius 1 is 1.35 bits per heavy atom. The number of amides is 1. The Hall–Kier alpha value is -1.91. The molecule has 2 aromatic rings. The highest BCUT2D eigenvalue weighted by Crippen LogP contribution is 2.21. The number of carbonyl (C=O) groups excluding carboxylic acids is 1. The van der Waals surface area contributed by atoms with E-state index in [4.69, 9.17) is 0 Å². The molecular formula is C12H12FN3O. The number of benzene rings is 1. The predicted molar refractivity (Wildman–Crippen MR) is 61.2 cm³/mol. The van der Waals surface area contributed by atoms with Gasteiger partial charge in [0.15, 0.2) is 5.82 Å². The number of para-hydroxylation sites is 1. The van der Waals surface area contributed by atoms with Gasteiger partial charge in [-0.3, -0.25) is 9.89 Å². The molecule has 0 saturated carbocycles. The number of hydrogen-bond acceptors (Lipinski definition) is 2. The van der Waals surface area contributed by atoms with Crippen molar-refractivity contribution in [2.45, 2.75) is 12.8 Å². The summed E-state index contributed by atoms with van der Waals surface area (Å²) < 4.78 is 13.4. The largest absolute Gasteiger partial charge is 0.337 e. The Bertz CT molecular complexity index is 572. The molecule has 1 aromatic carbocycles. The summed E-state index contributed by atoms with van der Waals surface area (Å²) in [5, 5.41) is 7.07. The standard InChI is InChI=1S/C12H12FN3O/c13-9-5-3-4-8-10(9)14-15-11(8)12(17)16-6-1-2-7-16/h3-5H,1-2,6-7H2,(H,14,15). The number of aromatic nitrogens is 2. The summed E-state index contributed by atoms with van der Waals surface area (Å²) in [5.41, 5.74) is 0.622. The molecule has 1 saturated heterocycles. The highest BCUT2D eigenvalue weighted by Gasteiger charge is 2.23. The Labute approximate surface area is 97.4 Å². The van der Waals surface area contributed by atoms with Crippen LogP contribution in [0.1, 0.15) is 23.3 Å². The number of halogens is 1. The van der Waals surface area contributed by atoms with Gasteiger partial charge in [-0.25, -0.2) is 4.39 Å². The van der Waals surface area contributed by atoms with Gasteiger partial charge in [-0.15, -0.1) is 0 Å². The van der Waals surface area contributed by atoms with E-state index in [2.05, 4.69) is 10.2 Å². The van der Waals surface area contributed by atoms with Crippen molar-refractivity contribution in [2.24, 2.45) is 0 Å². The normalized spacial score (nSPS) is 15.7. The van der Waals surface area contributed by atoms with E-state index in [0.717, 1.165) is 25.9 Å². The fraction of sp³-hybridized carbons (Fsp3) is 0.333. The van der Waals surface area contributed by atoms with Crippen molar-refractivity contribution in [3.8, 4) is 0 Å². The fourth-order valence-corrected chi connectivity index (χ4v) is 2.24. The van der Waals surface area contributed by atoms with Gasteiger partial charge in [-0.2, -0.15) is 5.10 Å². The minimum absolute atomic E-state index is 0.0874. The van der Waals surface area contributed by atoms with E-state index >= 15 is 0 Å². The third-order valence-corrected chi connectivity index (χ3v) is 3.14. The molecule has 4 nitrogen and oxygen atoms in total. The molecule has 0 bridgehead atoms. The minimum Gasteiger partial charge on any atom is -0.337 e. The molecule has 1 aliphatic heterocycles. The summed E-state index contributed by atoms with van der Waals surface area (Å²) >= 11 is 0. The zero-order chi connectivity index (χ0) is 11.8. The average Bonchev–Trinajstić information content (AvgIpc) is 2.98. The van der Waals surface area contributed by atoms with Crippen molar-refractivity contribution in [1.29, 1.82) is 0 Å². The zero-order valence-corrected chi connectivity index (χ0v) is 9.24. The van der Waals surface area contributed by atoms with Gasteiger partial charge in [0.2, 0.25) is 0 Å². The molecule has 0 radical (unpaired) electrons. The molecule has 17 heavy (non-hydrogen) atoms. The van der Waals surface area contributed by atoms with E-state index < -0.39 is 5.82 Å². The van der Waals surface area contributed by atoms with Crippen LogP contribution >= 0.6 is 0 Å². The molecule has 2 heterocycles. The van der Waals surface area contributed by atoms with Gasteiger partial charge in [-0.1, -0.05) is 12.1 Å². The average molecular weight is 233 g/mol. The van der Waals surface area contributed by atoms with Gasteiger partial charge in [0, 0.05) is 18.5 Å². The quantitative estimate of drug-likeness (QED) is 0.818. The van der Waals surface area contributed by atoms with Gasteiger partial charge in [0.1, 0.15) is 11.2 Å². The van der Waals surface area contributed by atoms with Crippen molar-refractivity contribution in [1.82, 2.24) is 15.1 Å². The Morgan fingerprint density at radius 2 is 2.12 bits per heavy atom. The van der Waals surface area contributed by atoms with Crippen molar-refractivity contribution < 1.29 is 9.18 Å². The fourth-order valence-electron chi connectivity index (χ4n) is 2.24. The summed E-state index contributed by atoms with van der Waals surface area (Å²) in [6, 6.07) is 4.65. The van der Waals surface area contributed by atoms with Crippen LogP contribution < -0.4 is 0 Å². The summed E-state index contributed by atoms with van der Waals surface area (Å²) in [6.07, 6.45) is 2.07. The summed E-state index contributed by atoms with van der Waals surface area (Å²) in [4.78, 5) is 13.9. The lowest BCUT2D eigenvalue weighted by molar-refractivity contribution is 0.0789. The molecule has 1 aliphatic rings. The maximum absolute atomic E-state index is 13.4. The monoisotopic (exact) mass is 233 g/mol. The third-order valence-electron chi connectivity index (χ3n) is 3.14. The Morgan fingerprint density at radius 3 is 2.88 bits per heavy atom. The number of rotatable bonds is 1. The molecule has 0 unspecified atom stereocenters. The first-order chi connectivity index (χ1) is 8.27. The van der Waals surface area contributed by atoms with E-state index in [1.807, 2.05) is 0 Å². The molecule has 1 fully saturated rings. The molecule has 0 atom stereocenters. The Balaban J connectivity index is 2.05. The van der Waals surface area contributed by atoms with Gasteiger partial charge in [0.05, 0.1) is 0 Å². The van der Waals surface area contributed by atoms with Crippen LogP contribution in [0.15, 0.2) is 18.2 Å². The van der Waals surface area contributed by atoms with Crippen LogP contribution in [0.2, 0.25) is 0 Å². The second-order valence-corrected chi connectivity index (χ2v) is 4.23. The summed E-state index contributed by atoms with van der Waals surface area (Å²) in [6.45, 7) is 1.54. The van der Waals surface area contributed by atoms with Crippen LogP contribution in [0, 0.1) is 5.82 Å². The first-order valence-corrected chi connectivity index (χ1v) is 5.69. The van der Waals surface area contributed by atoms with Crippen molar-refractivity contribution >= 4 is 16.8 Å². The maximum Gasteiger partial charge on any atom is 0.272 e. The van der Waals surface area contributed by atoms with Gasteiger partial charge in [0.25, 0.3) is 5.91 Å². The lowest BCUT2D eigenvalue weighted by Gasteiger charge is -2.13. The van der Waals surface area contributed by atoms with E-state index in [0.29, 0.717) is 11.1 Å². The third kappa shape index (κ3) is 1.58. The Kier molecular flexibility index (Phi) is 2.31. The lowest BCUT2D eigenvalue weighted by atomic mass is 10.2. The van der Waals surface area contributed by atoms with Crippen LogP contribution in [0.4, 0.5) is 4.39 Å². The summed E-state index contributed by atoms with van der Waals surface area (Å²) in [5.74, 6) is -0.491. The first-order valence-electron chi connectivity index (χ1n) is 5.69. The predicted octanol–water partition coefficient (Wildman–Crippen LogP) is 1.94. The van der Waals surface area contributed by atoms with E-state index in [9.17, 15) is 9.18 Å². The van der Waals surface area contributed by atoms with Crippen molar-refractivity contribution in [3.05, 3.63) is 29.7 Å². The van der Waals surface area contributed by atoms with Gasteiger partial charge < -0.3 is 4.90 Å². The van der Waals surface area contributed by atoms with Crippen LogP contribution in [0.3, 0.4) is 0 Å². The number of carbonyl (C=O) groups is 1.